The maximum absolute atomic E-state index is 11.8. The van der Waals surface area contributed by atoms with Crippen molar-refractivity contribution in [2.45, 2.75) is 19.5 Å². The van der Waals surface area contributed by atoms with Gasteiger partial charge in [0.2, 0.25) is 0 Å². The second kappa shape index (κ2) is 3.98. The second-order valence-corrected chi connectivity index (χ2v) is 3.45. The first kappa shape index (κ1) is 9.48. The predicted molar refractivity (Wildman–Crippen MR) is 52.3 cm³/mol. The molecule has 2 rings (SSSR count). The maximum Gasteiger partial charge on any atom is 0.270 e. The lowest BCUT2D eigenvalue weighted by Gasteiger charge is -2.09. The van der Waals surface area contributed by atoms with Crippen molar-refractivity contribution in [1.29, 1.82) is 0 Å². The number of nitrogens with one attached hydrogen (secondary N) is 2. The smallest absolute Gasteiger partial charge is 0.270 e. The highest BCUT2D eigenvalue weighted by Crippen LogP contribution is 2.05. The maximum atomic E-state index is 11.8. The topological polar surface area (TPSA) is 59.0 Å². The van der Waals surface area contributed by atoms with Gasteiger partial charge in [0, 0.05) is 19.2 Å². The molecule has 1 aliphatic rings. The van der Waals surface area contributed by atoms with Crippen LogP contribution in [0.4, 0.5) is 0 Å². The molecule has 0 atom stereocenters. The fourth-order valence-corrected chi connectivity index (χ4v) is 1.74. The van der Waals surface area contributed by atoms with Crippen LogP contribution < -0.4 is 10.9 Å². The Morgan fingerprint density at radius 1 is 1.57 bits per heavy atom. The summed E-state index contributed by atoms with van der Waals surface area (Å²) >= 11 is 0. The van der Waals surface area contributed by atoms with Crippen LogP contribution in [0.3, 0.4) is 0 Å². The monoisotopic (exact) mass is 197 g/mol. The van der Waals surface area contributed by atoms with Crippen molar-refractivity contribution in [3.8, 4) is 0 Å². The molecule has 5 heteroatoms. The van der Waals surface area contributed by atoms with Crippen LogP contribution in [0.2, 0.25) is 0 Å². The van der Waals surface area contributed by atoms with Gasteiger partial charge in [0.15, 0.2) is 0 Å². The van der Waals surface area contributed by atoms with Crippen LogP contribution in [-0.4, -0.2) is 30.0 Å². The zero-order valence-electron chi connectivity index (χ0n) is 8.30. The molecule has 2 heterocycles. The van der Waals surface area contributed by atoms with Crippen LogP contribution in [0.5, 0.6) is 0 Å². The van der Waals surface area contributed by atoms with Crippen LogP contribution in [0.1, 0.15) is 11.3 Å². The molecule has 1 aromatic rings. The molecule has 0 saturated carbocycles. The van der Waals surface area contributed by atoms with Gasteiger partial charge in [0.1, 0.15) is 0 Å². The van der Waals surface area contributed by atoms with Crippen molar-refractivity contribution in [2.75, 3.05) is 20.3 Å². The summed E-state index contributed by atoms with van der Waals surface area (Å²) in [6, 6.07) is 0. The minimum atomic E-state index is 0.110. The first-order valence-electron chi connectivity index (χ1n) is 4.83. The van der Waals surface area contributed by atoms with Gasteiger partial charge in [-0.15, -0.1) is 0 Å². The van der Waals surface area contributed by atoms with Crippen LogP contribution in [0.15, 0.2) is 4.79 Å². The average molecular weight is 197 g/mol. The van der Waals surface area contributed by atoms with E-state index in [1.807, 2.05) is 0 Å². The summed E-state index contributed by atoms with van der Waals surface area (Å²) in [4.78, 5) is 11.8. The Morgan fingerprint density at radius 3 is 3.14 bits per heavy atom. The number of ether oxygens (including phenoxy) is 1. The molecular formula is C9H15N3O2. The van der Waals surface area contributed by atoms with E-state index < -0.39 is 0 Å². The molecule has 0 spiro atoms. The summed E-state index contributed by atoms with van der Waals surface area (Å²) in [5.74, 6) is 0. The Morgan fingerprint density at radius 2 is 2.43 bits per heavy atom. The van der Waals surface area contributed by atoms with Crippen LogP contribution >= 0.6 is 0 Å². The number of aromatic amines is 1. The van der Waals surface area contributed by atoms with E-state index in [1.165, 1.54) is 0 Å². The van der Waals surface area contributed by atoms with Gasteiger partial charge in [-0.25, -0.2) is 0 Å². The molecule has 78 valence electrons. The molecule has 0 bridgehead atoms. The van der Waals surface area contributed by atoms with E-state index in [4.69, 9.17) is 4.74 Å². The number of H-pyrrole nitrogens is 1. The first-order valence-corrected chi connectivity index (χ1v) is 4.83. The Kier molecular flexibility index (Phi) is 2.69. The Balaban J connectivity index is 2.25. The minimum Gasteiger partial charge on any atom is -0.383 e. The van der Waals surface area contributed by atoms with Crippen molar-refractivity contribution in [1.82, 2.24) is 15.1 Å². The number of hydrogen-bond acceptors (Lipinski definition) is 3. The largest absolute Gasteiger partial charge is 0.383 e. The summed E-state index contributed by atoms with van der Waals surface area (Å²) in [6.45, 7) is 2.82. The van der Waals surface area contributed by atoms with E-state index in [2.05, 4.69) is 10.4 Å². The van der Waals surface area contributed by atoms with Crippen LogP contribution in [0.25, 0.3) is 0 Å². The van der Waals surface area contributed by atoms with Gasteiger partial charge >= 0.3 is 0 Å². The average Bonchev–Trinajstić information content (AvgIpc) is 2.54. The molecule has 0 fully saturated rings. The molecule has 1 aromatic heterocycles. The highest BCUT2D eigenvalue weighted by atomic mass is 16.5. The highest BCUT2D eigenvalue weighted by Gasteiger charge is 2.16. The van der Waals surface area contributed by atoms with Crippen molar-refractivity contribution in [2.24, 2.45) is 0 Å². The highest BCUT2D eigenvalue weighted by molar-refractivity contribution is 5.19. The molecule has 0 radical (unpaired) electrons. The molecular weight excluding hydrogens is 182 g/mol. The number of nitrogens with zero attached hydrogens (tertiary/aromatic N) is 1. The van der Waals surface area contributed by atoms with E-state index in [9.17, 15) is 4.79 Å². The molecule has 0 aliphatic carbocycles. The molecule has 0 aromatic carbocycles. The molecule has 5 nitrogen and oxygen atoms in total. The Bertz CT molecular complexity index is 367. The SMILES string of the molecule is COCCn1[nH]c2c(c1=O)CCNC2. The van der Waals surface area contributed by atoms with Crippen molar-refractivity contribution >= 4 is 0 Å². The van der Waals surface area contributed by atoms with Gasteiger partial charge in [-0.05, 0) is 13.0 Å². The fraction of sp³-hybridized carbons (Fsp3) is 0.667. The quantitative estimate of drug-likeness (QED) is 0.684. The van der Waals surface area contributed by atoms with E-state index in [0.717, 1.165) is 30.8 Å². The Hall–Kier alpha value is -1.07. The van der Waals surface area contributed by atoms with E-state index in [-0.39, 0.29) is 5.56 Å². The van der Waals surface area contributed by atoms with Gasteiger partial charge in [0.25, 0.3) is 5.56 Å². The normalized spacial score (nSPS) is 15.5. The predicted octanol–water partition coefficient (Wildman–Crippen LogP) is -0.531. The third-order valence-corrected chi connectivity index (χ3v) is 2.51. The lowest BCUT2D eigenvalue weighted by atomic mass is 10.1. The first-order chi connectivity index (χ1) is 6.83. The molecule has 0 unspecified atom stereocenters. The standard InChI is InChI=1S/C9H15N3O2/c1-14-5-4-12-9(13)7-2-3-10-6-8(7)11-12/h10-11H,2-6H2,1H3. The summed E-state index contributed by atoms with van der Waals surface area (Å²) < 4.78 is 6.56. The van der Waals surface area contributed by atoms with Crippen molar-refractivity contribution in [3.05, 3.63) is 21.6 Å². The second-order valence-electron chi connectivity index (χ2n) is 3.45. The van der Waals surface area contributed by atoms with Crippen molar-refractivity contribution in [3.63, 3.8) is 0 Å². The van der Waals surface area contributed by atoms with Crippen LogP contribution in [-0.2, 0) is 24.2 Å². The number of fused-ring (bicyclic) bond motifs is 1. The number of hydrogen-bond donors (Lipinski definition) is 2. The fourth-order valence-electron chi connectivity index (χ4n) is 1.74. The molecule has 1 aliphatic heterocycles. The number of rotatable bonds is 3. The third kappa shape index (κ3) is 1.60. The van der Waals surface area contributed by atoms with Gasteiger partial charge in [0.05, 0.1) is 18.8 Å². The van der Waals surface area contributed by atoms with E-state index in [0.29, 0.717) is 13.2 Å². The summed E-state index contributed by atoms with van der Waals surface area (Å²) in [7, 11) is 1.63. The molecule has 0 amide bonds. The lowest BCUT2D eigenvalue weighted by molar-refractivity contribution is 0.182. The van der Waals surface area contributed by atoms with Crippen LogP contribution in [0, 0.1) is 0 Å². The third-order valence-electron chi connectivity index (χ3n) is 2.51. The summed E-state index contributed by atoms with van der Waals surface area (Å²) in [5, 5.41) is 6.32. The lowest BCUT2D eigenvalue weighted by Crippen LogP contribution is -2.27. The van der Waals surface area contributed by atoms with Crippen molar-refractivity contribution < 1.29 is 4.74 Å². The summed E-state index contributed by atoms with van der Waals surface area (Å²) in [6.07, 6.45) is 0.824. The minimum absolute atomic E-state index is 0.110. The Labute approximate surface area is 82.0 Å². The number of aromatic nitrogens is 2. The van der Waals surface area contributed by atoms with E-state index in [1.54, 1.807) is 11.8 Å². The summed E-state index contributed by atoms with van der Waals surface area (Å²) in [5.41, 5.74) is 2.07. The molecule has 14 heavy (non-hydrogen) atoms. The number of methoxy groups -OCH3 is 1. The van der Waals surface area contributed by atoms with Gasteiger partial charge in [-0.1, -0.05) is 0 Å². The zero-order valence-corrected chi connectivity index (χ0v) is 8.30. The van der Waals surface area contributed by atoms with E-state index >= 15 is 0 Å². The molecule has 2 N–H and O–H groups in total. The van der Waals surface area contributed by atoms with Gasteiger partial charge in [-0.2, -0.15) is 0 Å². The van der Waals surface area contributed by atoms with Gasteiger partial charge in [-0.3, -0.25) is 14.6 Å². The molecule has 0 saturated heterocycles. The zero-order chi connectivity index (χ0) is 9.97. The van der Waals surface area contributed by atoms with Gasteiger partial charge < -0.3 is 10.1 Å².